The number of aromatic amines is 1. The lowest BCUT2D eigenvalue weighted by Crippen LogP contribution is -2.20. The van der Waals surface area contributed by atoms with Gasteiger partial charge in [-0.3, -0.25) is 10.1 Å². The van der Waals surface area contributed by atoms with Crippen molar-refractivity contribution in [3.8, 4) is 17.1 Å². The van der Waals surface area contributed by atoms with Gasteiger partial charge in [0.05, 0.1) is 17.6 Å². The number of nitrogens with zero attached hydrogens (tertiary/aromatic N) is 2. The van der Waals surface area contributed by atoms with E-state index in [-0.39, 0.29) is 12.2 Å². The second-order valence-corrected chi connectivity index (χ2v) is 5.32. The summed E-state index contributed by atoms with van der Waals surface area (Å²) < 4.78 is 42.9. The van der Waals surface area contributed by atoms with Crippen LogP contribution in [0.4, 0.5) is 13.2 Å². The topological polar surface area (TPSA) is 71.0 Å². The minimum atomic E-state index is -4.68. The molecule has 0 saturated carbocycles. The van der Waals surface area contributed by atoms with E-state index in [1.54, 1.807) is 30.6 Å². The third-order valence-electron chi connectivity index (χ3n) is 3.52. The van der Waals surface area contributed by atoms with Gasteiger partial charge in [0, 0.05) is 6.20 Å². The van der Waals surface area contributed by atoms with E-state index < -0.39 is 12.3 Å². The van der Waals surface area contributed by atoms with Gasteiger partial charge in [-0.2, -0.15) is 18.3 Å². The molecule has 130 valence electrons. The summed E-state index contributed by atoms with van der Waals surface area (Å²) in [5, 5.41) is 15.8. The fourth-order valence-corrected chi connectivity index (χ4v) is 2.18. The molecule has 8 heteroatoms. The Balaban J connectivity index is 1.60. The van der Waals surface area contributed by atoms with Crippen LogP contribution in [0, 0.1) is 0 Å². The SMILES string of the molecule is OC(c1ccc(COc2ccc(-c3ccn[nH]3)nc2)cc1)C(F)(F)F. The number of rotatable bonds is 5. The molecule has 0 aliphatic carbocycles. The van der Waals surface area contributed by atoms with Gasteiger partial charge in [0.15, 0.2) is 6.10 Å². The van der Waals surface area contributed by atoms with E-state index in [9.17, 15) is 18.3 Å². The monoisotopic (exact) mass is 349 g/mol. The average Bonchev–Trinajstić information content (AvgIpc) is 3.14. The maximum atomic E-state index is 12.5. The summed E-state index contributed by atoms with van der Waals surface area (Å²) in [4.78, 5) is 4.24. The molecule has 0 saturated heterocycles. The Morgan fingerprint density at radius 3 is 2.40 bits per heavy atom. The Hall–Kier alpha value is -2.87. The Kier molecular flexibility index (Phi) is 4.71. The number of hydrogen-bond acceptors (Lipinski definition) is 4. The maximum Gasteiger partial charge on any atom is 0.418 e. The van der Waals surface area contributed by atoms with E-state index in [2.05, 4.69) is 15.2 Å². The van der Waals surface area contributed by atoms with Gasteiger partial charge in [-0.15, -0.1) is 0 Å². The Morgan fingerprint density at radius 1 is 1.08 bits per heavy atom. The third-order valence-corrected chi connectivity index (χ3v) is 3.52. The first kappa shape index (κ1) is 17.0. The van der Waals surface area contributed by atoms with Gasteiger partial charge in [0.1, 0.15) is 12.4 Å². The highest BCUT2D eigenvalue weighted by Crippen LogP contribution is 2.32. The van der Waals surface area contributed by atoms with E-state index in [0.717, 1.165) is 11.4 Å². The van der Waals surface area contributed by atoms with E-state index in [1.807, 2.05) is 0 Å². The van der Waals surface area contributed by atoms with Gasteiger partial charge < -0.3 is 9.84 Å². The largest absolute Gasteiger partial charge is 0.487 e. The van der Waals surface area contributed by atoms with Crippen LogP contribution in [0.2, 0.25) is 0 Å². The highest BCUT2D eigenvalue weighted by atomic mass is 19.4. The minimum absolute atomic E-state index is 0.174. The zero-order valence-corrected chi connectivity index (χ0v) is 12.9. The number of halogens is 3. The molecule has 25 heavy (non-hydrogen) atoms. The summed E-state index contributed by atoms with van der Waals surface area (Å²) in [6, 6.07) is 10.7. The molecule has 0 aliphatic rings. The predicted octanol–water partition coefficient (Wildman–Crippen LogP) is 3.65. The van der Waals surface area contributed by atoms with Crippen LogP contribution in [0.1, 0.15) is 17.2 Å². The van der Waals surface area contributed by atoms with E-state index in [0.29, 0.717) is 11.3 Å². The van der Waals surface area contributed by atoms with Crippen molar-refractivity contribution in [2.75, 3.05) is 0 Å². The number of aromatic nitrogens is 3. The van der Waals surface area contributed by atoms with Crippen molar-refractivity contribution in [3.05, 3.63) is 66.0 Å². The summed E-state index contributed by atoms with van der Waals surface area (Å²) in [6.45, 7) is 0.174. The number of hydrogen-bond donors (Lipinski definition) is 2. The molecule has 1 unspecified atom stereocenters. The molecule has 0 spiro atoms. The molecule has 1 atom stereocenters. The number of nitrogens with one attached hydrogen (secondary N) is 1. The van der Waals surface area contributed by atoms with Crippen LogP contribution in [-0.2, 0) is 6.61 Å². The van der Waals surface area contributed by atoms with Crippen molar-refractivity contribution in [1.82, 2.24) is 15.2 Å². The standard InChI is InChI=1S/C17H14F3N3O2/c18-17(19,20)16(24)12-3-1-11(2-4-12)10-25-13-5-6-14(21-9-13)15-7-8-22-23-15/h1-9,16,24H,10H2,(H,22,23). The van der Waals surface area contributed by atoms with Gasteiger partial charge in [-0.05, 0) is 29.3 Å². The fourth-order valence-electron chi connectivity index (χ4n) is 2.18. The molecule has 0 bridgehead atoms. The Morgan fingerprint density at radius 2 is 1.84 bits per heavy atom. The van der Waals surface area contributed by atoms with Crippen molar-refractivity contribution in [2.45, 2.75) is 18.9 Å². The third kappa shape index (κ3) is 4.16. The second kappa shape index (κ2) is 6.94. The number of alkyl halides is 3. The van der Waals surface area contributed by atoms with Gasteiger partial charge in [0.2, 0.25) is 0 Å². The molecule has 3 aromatic rings. The molecular weight excluding hydrogens is 335 g/mol. The summed E-state index contributed by atoms with van der Waals surface area (Å²) in [7, 11) is 0. The predicted molar refractivity (Wildman–Crippen MR) is 83.6 cm³/mol. The molecule has 2 aromatic heterocycles. The fraction of sp³-hybridized carbons (Fsp3) is 0.176. The Bertz CT molecular complexity index is 801. The lowest BCUT2D eigenvalue weighted by atomic mass is 10.1. The van der Waals surface area contributed by atoms with Gasteiger partial charge >= 0.3 is 6.18 Å². The molecule has 0 amide bonds. The number of H-pyrrole nitrogens is 1. The number of ether oxygens (including phenoxy) is 1. The van der Waals surface area contributed by atoms with Gasteiger partial charge in [-0.25, -0.2) is 0 Å². The number of aliphatic hydroxyl groups excluding tert-OH is 1. The quantitative estimate of drug-likeness (QED) is 0.738. The summed E-state index contributed by atoms with van der Waals surface area (Å²) in [5.74, 6) is 0.530. The summed E-state index contributed by atoms with van der Waals surface area (Å²) in [6.07, 6.45) is -3.99. The highest BCUT2D eigenvalue weighted by molar-refractivity contribution is 5.53. The molecule has 0 radical (unpaired) electrons. The smallest absolute Gasteiger partial charge is 0.418 e. The first-order chi connectivity index (χ1) is 11.9. The lowest BCUT2D eigenvalue weighted by Gasteiger charge is -2.15. The van der Waals surface area contributed by atoms with Crippen LogP contribution in [0.15, 0.2) is 54.9 Å². The van der Waals surface area contributed by atoms with Crippen LogP contribution >= 0.6 is 0 Å². The molecule has 0 aliphatic heterocycles. The van der Waals surface area contributed by atoms with Crippen LogP contribution in [-0.4, -0.2) is 26.5 Å². The highest BCUT2D eigenvalue weighted by Gasteiger charge is 2.39. The molecule has 2 N–H and O–H groups in total. The van der Waals surface area contributed by atoms with Crippen molar-refractivity contribution >= 4 is 0 Å². The molecule has 2 heterocycles. The lowest BCUT2D eigenvalue weighted by molar-refractivity contribution is -0.206. The van der Waals surface area contributed by atoms with Crippen LogP contribution < -0.4 is 4.74 Å². The first-order valence-corrected chi connectivity index (χ1v) is 7.36. The zero-order valence-electron chi connectivity index (χ0n) is 12.9. The second-order valence-electron chi connectivity index (χ2n) is 5.32. The number of aliphatic hydroxyl groups is 1. The summed E-state index contributed by atoms with van der Waals surface area (Å²) in [5.41, 5.74) is 1.97. The van der Waals surface area contributed by atoms with Crippen molar-refractivity contribution < 1.29 is 23.0 Å². The average molecular weight is 349 g/mol. The van der Waals surface area contributed by atoms with Crippen molar-refractivity contribution in [3.63, 3.8) is 0 Å². The number of benzene rings is 1. The van der Waals surface area contributed by atoms with E-state index in [4.69, 9.17) is 4.74 Å². The molecular formula is C17H14F3N3O2. The van der Waals surface area contributed by atoms with E-state index >= 15 is 0 Å². The normalized spacial score (nSPS) is 12.8. The number of pyridine rings is 1. The van der Waals surface area contributed by atoms with Crippen LogP contribution in [0.5, 0.6) is 5.75 Å². The molecule has 0 fully saturated rings. The van der Waals surface area contributed by atoms with Crippen molar-refractivity contribution in [1.29, 1.82) is 0 Å². The minimum Gasteiger partial charge on any atom is -0.487 e. The Labute approximate surface area is 141 Å². The first-order valence-electron chi connectivity index (χ1n) is 7.36. The molecule has 1 aromatic carbocycles. The van der Waals surface area contributed by atoms with Crippen LogP contribution in [0.3, 0.4) is 0 Å². The summed E-state index contributed by atoms with van der Waals surface area (Å²) >= 11 is 0. The van der Waals surface area contributed by atoms with Gasteiger partial charge in [0.25, 0.3) is 0 Å². The zero-order chi connectivity index (χ0) is 17.9. The molecule has 3 rings (SSSR count). The van der Waals surface area contributed by atoms with Gasteiger partial charge in [-0.1, -0.05) is 24.3 Å². The van der Waals surface area contributed by atoms with Crippen LogP contribution in [0.25, 0.3) is 11.4 Å². The maximum absolute atomic E-state index is 12.5. The molecule has 5 nitrogen and oxygen atoms in total. The van der Waals surface area contributed by atoms with Crippen molar-refractivity contribution in [2.24, 2.45) is 0 Å². The van der Waals surface area contributed by atoms with E-state index in [1.165, 1.54) is 24.3 Å².